The summed E-state index contributed by atoms with van der Waals surface area (Å²) >= 11 is 3.46. The van der Waals surface area contributed by atoms with Gasteiger partial charge in [-0.3, -0.25) is 4.79 Å². The van der Waals surface area contributed by atoms with Gasteiger partial charge < -0.3 is 10.2 Å². The molecule has 0 saturated carbocycles. The highest BCUT2D eigenvalue weighted by atomic mass is 35.5. The number of hydrogen-bond acceptors (Lipinski definition) is 5. The van der Waals surface area contributed by atoms with Crippen LogP contribution in [0.3, 0.4) is 0 Å². The second-order valence-corrected chi connectivity index (χ2v) is 9.33. The fourth-order valence-electron chi connectivity index (χ4n) is 3.93. The molecule has 2 aliphatic heterocycles. The van der Waals surface area contributed by atoms with Crippen LogP contribution < -0.4 is 5.32 Å². The lowest BCUT2D eigenvalue weighted by Crippen LogP contribution is -2.32. The Morgan fingerprint density at radius 3 is 2.39 bits per heavy atom. The van der Waals surface area contributed by atoms with Crippen LogP contribution in [-0.4, -0.2) is 42.0 Å². The first-order chi connectivity index (χ1) is 12.7. The van der Waals surface area contributed by atoms with Gasteiger partial charge in [-0.15, -0.1) is 47.9 Å². The standard InChI is InChI=1S/C20H25N3OS2.2ClH/c1-14-22-18(12-25-14)13-26-19-4-2-15(3-5-19)20(24)23-8-6-16-10-21-11-17(16)7-9-23;;/h2-5,12,16-17,21H,6-11,13H2,1H3;2*1H/t16-,17+;;. The monoisotopic (exact) mass is 459 g/mol. The molecule has 8 heteroatoms. The molecule has 0 bridgehead atoms. The Kier molecular flexibility index (Phi) is 9.09. The van der Waals surface area contributed by atoms with Gasteiger partial charge in [0.25, 0.3) is 5.91 Å². The van der Waals surface area contributed by atoms with Crippen LogP contribution >= 0.6 is 47.9 Å². The number of fused-ring (bicyclic) bond motifs is 1. The van der Waals surface area contributed by atoms with E-state index < -0.39 is 0 Å². The third kappa shape index (κ3) is 5.63. The molecule has 4 nitrogen and oxygen atoms in total. The molecule has 1 aromatic carbocycles. The van der Waals surface area contributed by atoms with Crippen molar-refractivity contribution in [1.82, 2.24) is 15.2 Å². The quantitative estimate of drug-likeness (QED) is 0.675. The number of nitrogens with zero attached hydrogens (tertiary/aromatic N) is 2. The highest BCUT2D eigenvalue weighted by Crippen LogP contribution is 2.28. The van der Waals surface area contributed by atoms with E-state index in [1.54, 1.807) is 23.1 Å². The third-order valence-electron chi connectivity index (χ3n) is 5.46. The number of likely N-dealkylation sites (tertiary alicyclic amines) is 1. The molecule has 1 N–H and O–H groups in total. The molecule has 2 aliphatic rings. The number of thiazole rings is 1. The van der Waals surface area contributed by atoms with Crippen LogP contribution in [0.25, 0.3) is 0 Å². The van der Waals surface area contributed by atoms with Gasteiger partial charge in [-0.1, -0.05) is 0 Å². The topological polar surface area (TPSA) is 45.2 Å². The summed E-state index contributed by atoms with van der Waals surface area (Å²) < 4.78 is 0. The molecule has 1 aromatic heterocycles. The molecule has 2 aromatic rings. The van der Waals surface area contributed by atoms with E-state index in [0.29, 0.717) is 0 Å². The molecule has 0 radical (unpaired) electrons. The number of carbonyl (C=O) groups is 1. The summed E-state index contributed by atoms with van der Waals surface area (Å²) in [5, 5.41) is 6.72. The lowest BCUT2D eigenvalue weighted by atomic mass is 9.92. The molecule has 1 amide bonds. The molecule has 0 unspecified atom stereocenters. The van der Waals surface area contributed by atoms with Crippen LogP contribution in [0.1, 0.15) is 33.9 Å². The van der Waals surface area contributed by atoms with Crippen LogP contribution in [0.4, 0.5) is 0 Å². The first-order valence-corrected chi connectivity index (χ1v) is 11.2. The second kappa shape index (κ2) is 10.8. The average molecular weight is 460 g/mol. The van der Waals surface area contributed by atoms with Gasteiger partial charge in [0.1, 0.15) is 0 Å². The van der Waals surface area contributed by atoms with Gasteiger partial charge in [-0.25, -0.2) is 4.98 Å². The Morgan fingerprint density at radius 2 is 1.82 bits per heavy atom. The Balaban J connectivity index is 0.00000140. The van der Waals surface area contributed by atoms with Crippen molar-refractivity contribution in [2.75, 3.05) is 26.2 Å². The van der Waals surface area contributed by atoms with Crippen molar-refractivity contribution in [3.63, 3.8) is 0 Å². The third-order valence-corrected chi connectivity index (χ3v) is 7.33. The molecule has 2 fully saturated rings. The predicted molar refractivity (Wildman–Crippen MR) is 122 cm³/mol. The molecule has 2 saturated heterocycles. The lowest BCUT2D eigenvalue weighted by Gasteiger charge is -2.21. The van der Waals surface area contributed by atoms with Crippen molar-refractivity contribution in [3.05, 3.63) is 45.9 Å². The van der Waals surface area contributed by atoms with E-state index in [4.69, 9.17) is 0 Å². The van der Waals surface area contributed by atoms with Gasteiger partial charge in [0, 0.05) is 34.7 Å². The van der Waals surface area contributed by atoms with E-state index >= 15 is 0 Å². The number of rotatable bonds is 4. The summed E-state index contributed by atoms with van der Waals surface area (Å²) in [5.41, 5.74) is 1.94. The fourth-order valence-corrected chi connectivity index (χ4v) is 5.44. The molecule has 2 atom stereocenters. The summed E-state index contributed by atoms with van der Waals surface area (Å²) in [4.78, 5) is 20.6. The zero-order valence-corrected chi connectivity index (χ0v) is 19.2. The minimum atomic E-state index is 0. The number of amides is 1. The summed E-state index contributed by atoms with van der Waals surface area (Å²) in [5.74, 6) is 2.56. The van der Waals surface area contributed by atoms with Crippen molar-refractivity contribution in [1.29, 1.82) is 0 Å². The van der Waals surface area contributed by atoms with E-state index in [-0.39, 0.29) is 30.7 Å². The highest BCUT2D eigenvalue weighted by molar-refractivity contribution is 7.98. The number of nitrogens with one attached hydrogen (secondary N) is 1. The number of aryl methyl sites for hydroxylation is 1. The smallest absolute Gasteiger partial charge is 0.253 e. The van der Waals surface area contributed by atoms with Gasteiger partial charge in [0.05, 0.1) is 10.7 Å². The van der Waals surface area contributed by atoms with Crippen molar-refractivity contribution < 1.29 is 4.79 Å². The van der Waals surface area contributed by atoms with Crippen LogP contribution in [0, 0.1) is 18.8 Å². The molecule has 3 heterocycles. The Morgan fingerprint density at radius 1 is 1.18 bits per heavy atom. The van der Waals surface area contributed by atoms with E-state index in [2.05, 4.69) is 32.7 Å². The first kappa shape index (κ1) is 23.5. The Bertz CT molecular complexity index is 755. The van der Waals surface area contributed by atoms with E-state index in [1.165, 1.54) is 4.90 Å². The molecular formula is C20H27Cl2N3OS2. The fraction of sp³-hybridized carbons (Fsp3) is 0.500. The van der Waals surface area contributed by atoms with Crippen LogP contribution in [0.15, 0.2) is 34.5 Å². The minimum Gasteiger partial charge on any atom is -0.339 e. The largest absolute Gasteiger partial charge is 0.339 e. The normalized spacial score (nSPS) is 21.2. The van der Waals surface area contributed by atoms with Gasteiger partial charge in [0.2, 0.25) is 0 Å². The number of thioether (sulfide) groups is 1. The first-order valence-electron chi connectivity index (χ1n) is 9.33. The van der Waals surface area contributed by atoms with E-state index in [0.717, 1.165) is 72.9 Å². The summed E-state index contributed by atoms with van der Waals surface area (Å²) in [6.45, 7) is 6.06. The number of halogens is 2. The minimum absolute atomic E-state index is 0. The van der Waals surface area contributed by atoms with Crippen LogP contribution in [0.2, 0.25) is 0 Å². The van der Waals surface area contributed by atoms with Gasteiger partial charge in [-0.2, -0.15) is 0 Å². The lowest BCUT2D eigenvalue weighted by molar-refractivity contribution is 0.0758. The molecule has 154 valence electrons. The van der Waals surface area contributed by atoms with Crippen molar-refractivity contribution in [3.8, 4) is 0 Å². The van der Waals surface area contributed by atoms with E-state index in [9.17, 15) is 4.79 Å². The van der Waals surface area contributed by atoms with Crippen molar-refractivity contribution in [2.24, 2.45) is 11.8 Å². The van der Waals surface area contributed by atoms with Crippen molar-refractivity contribution in [2.45, 2.75) is 30.4 Å². The molecular weight excluding hydrogens is 433 g/mol. The maximum atomic E-state index is 12.9. The maximum Gasteiger partial charge on any atom is 0.253 e. The van der Waals surface area contributed by atoms with Gasteiger partial charge in [-0.05, 0) is 69.0 Å². The predicted octanol–water partition coefficient (Wildman–Crippen LogP) is 4.66. The highest BCUT2D eigenvalue weighted by Gasteiger charge is 2.31. The second-order valence-electron chi connectivity index (χ2n) is 7.22. The van der Waals surface area contributed by atoms with Crippen LogP contribution in [0.5, 0.6) is 0 Å². The zero-order valence-electron chi connectivity index (χ0n) is 15.9. The molecule has 28 heavy (non-hydrogen) atoms. The van der Waals surface area contributed by atoms with Crippen molar-refractivity contribution >= 4 is 53.8 Å². The number of benzene rings is 1. The summed E-state index contributed by atoms with van der Waals surface area (Å²) in [7, 11) is 0. The summed E-state index contributed by atoms with van der Waals surface area (Å²) in [6, 6.07) is 8.08. The van der Waals surface area contributed by atoms with Gasteiger partial charge >= 0.3 is 0 Å². The zero-order chi connectivity index (χ0) is 17.9. The van der Waals surface area contributed by atoms with Gasteiger partial charge in [0.15, 0.2) is 0 Å². The Hall–Kier alpha value is -0.790. The Labute approximate surface area is 187 Å². The van der Waals surface area contributed by atoms with E-state index in [1.807, 2.05) is 19.1 Å². The number of aromatic nitrogens is 1. The number of hydrogen-bond donors (Lipinski definition) is 1. The SMILES string of the molecule is Cc1nc(CSc2ccc(C(=O)N3CC[C@@H]4CNC[C@@H]4CC3)cc2)cs1.Cl.Cl. The average Bonchev–Trinajstić information content (AvgIpc) is 3.24. The molecule has 0 spiro atoms. The van der Waals surface area contributed by atoms with Crippen LogP contribution in [-0.2, 0) is 5.75 Å². The molecule has 0 aliphatic carbocycles. The maximum absolute atomic E-state index is 12.9. The number of carbonyl (C=O) groups excluding carboxylic acids is 1. The molecule has 4 rings (SSSR count). The summed E-state index contributed by atoms with van der Waals surface area (Å²) in [6.07, 6.45) is 2.26.